The van der Waals surface area contributed by atoms with Crippen LogP contribution in [0.2, 0.25) is 0 Å². The van der Waals surface area contributed by atoms with Crippen LogP contribution in [0.4, 0.5) is 0 Å². The number of hydrogen-bond acceptors (Lipinski definition) is 4. The molecular weight excluding hydrogens is 242 g/mol. The molecule has 16 heavy (non-hydrogen) atoms. The molecular formula is C11H19NO2S2. The molecule has 1 heterocycles. The van der Waals surface area contributed by atoms with E-state index < -0.39 is 0 Å². The molecule has 1 aliphatic rings. The Balaban J connectivity index is 1.95. The fourth-order valence-electron chi connectivity index (χ4n) is 1.54. The summed E-state index contributed by atoms with van der Waals surface area (Å²) >= 11 is 6.79. The zero-order valence-electron chi connectivity index (χ0n) is 9.66. The van der Waals surface area contributed by atoms with Crippen LogP contribution in [0, 0.1) is 0 Å². The Bertz CT molecular complexity index is 240. The summed E-state index contributed by atoms with van der Waals surface area (Å²) in [6, 6.07) is 0. The summed E-state index contributed by atoms with van der Waals surface area (Å²) in [5.41, 5.74) is 0. The lowest BCUT2D eigenvalue weighted by molar-refractivity contribution is -0.117. The number of thioether (sulfide) groups is 1. The molecule has 1 fully saturated rings. The van der Waals surface area contributed by atoms with Gasteiger partial charge in [0.15, 0.2) is 0 Å². The van der Waals surface area contributed by atoms with E-state index in [0.29, 0.717) is 12.5 Å². The molecule has 0 bridgehead atoms. The van der Waals surface area contributed by atoms with Crippen molar-refractivity contribution in [3.63, 3.8) is 0 Å². The molecule has 0 aromatic carbocycles. The van der Waals surface area contributed by atoms with Gasteiger partial charge in [0.2, 0.25) is 0 Å². The van der Waals surface area contributed by atoms with Gasteiger partial charge in [0.05, 0.1) is 6.10 Å². The minimum atomic E-state index is 0.249. The Morgan fingerprint density at radius 2 is 2.44 bits per heavy atom. The Labute approximate surface area is 107 Å². The van der Waals surface area contributed by atoms with Crippen molar-refractivity contribution in [2.45, 2.75) is 38.7 Å². The van der Waals surface area contributed by atoms with Crippen LogP contribution in [0.5, 0.6) is 0 Å². The number of Topliss-reactive ketones (excluding diaryl/α,β-unsaturated/α-hetero) is 1. The summed E-state index contributed by atoms with van der Waals surface area (Å²) in [7, 11) is 0. The van der Waals surface area contributed by atoms with Crippen LogP contribution in [0.3, 0.4) is 0 Å². The largest absolute Gasteiger partial charge is 0.376 e. The Morgan fingerprint density at radius 1 is 1.62 bits per heavy atom. The van der Waals surface area contributed by atoms with Crippen molar-refractivity contribution in [3.8, 4) is 0 Å². The van der Waals surface area contributed by atoms with Gasteiger partial charge in [-0.2, -0.15) is 0 Å². The molecule has 1 saturated heterocycles. The van der Waals surface area contributed by atoms with Crippen molar-refractivity contribution < 1.29 is 9.53 Å². The highest BCUT2D eigenvalue weighted by Gasteiger charge is 2.15. The van der Waals surface area contributed by atoms with Crippen LogP contribution in [0.25, 0.3) is 0 Å². The lowest BCUT2D eigenvalue weighted by atomic mass is 10.2. The van der Waals surface area contributed by atoms with E-state index >= 15 is 0 Å². The molecule has 0 aromatic heterocycles. The molecule has 1 N–H and O–H groups in total. The van der Waals surface area contributed by atoms with E-state index in [4.69, 9.17) is 17.0 Å². The maximum atomic E-state index is 10.7. The molecule has 0 spiro atoms. The predicted molar refractivity (Wildman–Crippen MR) is 71.9 cm³/mol. The Hall–Kier alpha value is -0.130. The van der Waals surface area contributed by atoms with E-state index in [-0.39, 0.29) is 5.78 Å². The van der Waals surface area contributed by atoms with Gasteiger partial charge in [-0.05, 0) is 26.2 Å². The average molecular weight is 261 g/mol. The first-order valence-corrected chi connectivity index (χ1v) is 7.09. The van der Waals surface area contributed by atoms with Gasteiger partial charge in [-0.25, -0.2) is 0 Å². The maximum Gasteiger partial charge on any atom is 0.133 e. The number of carbonyl (C=O) groups excluding carboxylic acids is 1. The molecule has 0 saturated carbocycles. The van der Waals surface area contributed by atoms with Gasteiger partial charge >= 0.3 is 0 Å². The summed E-state index contributed by atoms with van der Waals surface area (Å²) in [6.07, 6.45) is 4.18. The standard InChI is InChI=1S/C11H19NO2S2/c1-9(13)4-3-7-16-11(15)12-8-10-5-2-6-14-10/h10H,2-8H2,1H3,(H,12,15). The number of ketones is 1. The number of rotatable bonds is 6. The number of thiocarbonyl (C=S) groups is 1. The zero-order chi connectivity index (χ0) is 11.8. The molecule has 0 radical (unpaired) electrons. The van der Waals surface area contributed by atoms with Crippen LogP contribution in [-0.4, -0.2) is 35.1 Å². The molecule has 0 aliphatic carbocycles. The molecule has 1 rings (SSSR count). The number of hydrogen-bond donors (Lipinski definition) is 1. The van der Waals surface area contributed by atoms with Crippen molar-refractivity contribution in [2.75, 3.05) is 18.9 Å². The van der Waals surface area contributed by atoms with Crippen LogP contribution in [0.15, 0.2) is 0 Å². The summed E-state index contributed by atoms with van der Waals surface area (Å²) in [4.78, 5) is 10.7. The third kappa shape index (κ3) is 6.45. The fourth-order valence-corrected chi connectivity index (χ4v) is 2.53. The van der Waals surface area contributed by atoms with Gasteiger partial charge in [0, 0.05) is 25.3 Å². The van der Waals surface area contributed by atoms with E-state index in [0.717, 1.165) is 42.5 Å². The summed E-state index contributed by atoms with van der Waals surface area (Å²) in [5, 5.41) is 3.20. The molecule has 92 valence electrons. The van der Waals surface area contributed by atoms with Gasteiger partial charge in [-0.1, -0.05) is 24.0 Å². The highest BCUT2D eigenvalue weighted by Crippen LogP contribution is 2.12. The van der Waals surface area contributed by atoms with Crippen LogP contribution >= 0.6 is 24.0 Å². The van der Waals surface area contributed by atoms with E-state index in [9.17, 15) is 4.79 Å². The van der Waals surface area contributed by atoms with Crippen molar-refractivity contribution in [2.24, 2.45) is 0 Å². The first kappa shape index (κ1) is 13.9. The Kier molecular flexibility index (Phi) is 7.00. The van der Waals surface area contributed by atoms with Crippen molar-refractivity contribution in [1.82, 2.24) is 5.32 Å². The highest BCUT2D eigenvalue weighted by molar-refractivity contribution is 8.22. The molecule has 0 aromatic rings. The monoisotopic (exact) mass is 261 g/mol. The van der Waals surface area contributed by atoms with Gasteiger partial charge < -0.3 is 14.8 Å². The smallest absolute Gasteiger partial charge is 0.133 e. The van der Waals surface area contributed by atoms with E-state index in [2.05, 4.69) is 5.32 Å². The molecule has 3 nitrogen and oxygen atoms in total. The Morgan fingerprint density at radius 3 is 3.06 bits per heavy atom. The average Bonchev–Trinajstić information content (AvgIpc) is 2.74. The minimum Gasteiger partial charge on any atom is -0.376 e. The topological polar surface area (TPSA) is 38.3 Å². The summed E-state index contributed by atoms with van der Waals surface area (Å²) in [5.74, 6) is 1.16. The van der Waals surface area contributed by atoms with Gasteiger partial charge in [-0.15, -0.1) is 0 Å². The summed E-state index contributed by atoms with van der Waals surface area (Å²) in [6.45, 7) is 3.32. The number of nitrogens with one attached hydrogen (secondary N) is 1. The number of carbonyl (C=O) groups is 1. The SMILES string of the molecule is CC(=O)CCCSC(=S)NCC1CCCO1. The van der Waals surface area contributed by atoms with Crippen LogP contribution in [-0.2, 0) is 9.53 Å². The first-order chi connectivity index (χ1) is 7.68. The second-order valence-corrected chi connectivity index (χ2v) is 5.73. The van der Waals surface area contributed by atoms with Crippen molar-refractivity contribution in [3.05, 3.63) is 0 Å². The van der Waals surface area contributed by atoms with Crippen molar-refractivity contribution in [1.29, 1.82) is 0 Å². The highest BCUT2D eigenvalue weighted by atomic mass is 32.2. The fraction of sp³-hybridized carbons (Fsp3) is 0.818. The second-order valence-electron chi connectivity index (χ2n) is 3.96. The van der Waals surface area contributed by atoms with E-state index in [1.807, 2.05) is 0 Å². The van der Waals surface area contributed by atoms with E-state index in [1.165, 1.54) is 0 Å². The first-order valence-electron chi connectivity index (χ1n) is 5.70. The predicted octanol–water partition coefficient (Wildman–Crippen LogP) is 2.14. The van der Waals surface area contributed by atoms with Gasteiger partial charge in [-0.3, -0.25) is 0 Å². The van der Waals surface area contributed by atoms with Crippen molar-refractivity contribution >= 4 is 34.1 Å². The van der Waals surface area contributed by atoms with E-state index in [1.54, 1.807) is 18.7 Å². The lowest BCUT2D eigenvalue weighted by Gasteiger charge is -2.11. The van der Waals surface area contributed by atoms with Crippen LogP contribution in [0.1, 0.15) is 32.6 Å². The minimum absolute atomic E-state index is 0.249. The second kappa shape index (κ2) is 8.03. The molecule has 1 aliphatic heterocycles. The maximum absolute atomic E-state index is 10.7. The normalized spacial score (nSPS) is 19.7. The van der Waals surface area contributed by atoms with Crippen LogP contribution < -0.4 is 5.32 Å². The van der Waals surface area contributed by atoms with Gasteiger partial charge in [0.1, 0.15) is 10.1 Å². The molecule has 1 unspecified atom stereocenters. The third-order valence-corrected chi connectivity index (χ3v) is 3.80. The molecule has 1 atom stereocenters. The number of ether oxygens (including phenoxy) is 1. The quantitative estimate of drug-likeness (QED) is 0.586. The lowest BCUT2D eigenvalue weighted by Crippen LogP contribution is -2.29. The zero-order valence-corrected chi connectivity index (χ0v) is 11.3. The third-order valence-electron chi connectivity index (χ3n) is 2.40. The summed E-state index contributed by atoms with van der Waals surface area (Å²) < 4.78 is 6.30. The molecule has 5 heteroatoms. The van der Waals surface area contributed by atoms with Gasteiger partial charge in [0.25, 0.3) is 0 Å². The molecule has 0 amide bonds.